The molecule has 0 spiro atoms. The predicted molar refractivity (Wildman–Crippen MR) is 196 cm³/mol. The first kappa shape index (κ1) is 27.9. The quantitative estimate of drug-likeness (QED) is 0.193. The molecule has 1 aliphatic heterocycles. The maximum atomic E-state index is 6.63. The minimum atomic E-state index is 0.0135. The fourth-order valence-electron chi connectivity index (χ4n) is 6.94. The maximum absolute atomic E-state index is 6.63. The standard InChI is InChI=1S/C40H33N5OS/c1-40(2,3)25-18-20-41-36(21-25)45-32-13-6-5-11-29(32)30-15-14-28(23-34(30)45)46-27-10-7-9-26(22-27)44-24-43(4)33-16-17-35-37(38(33)44)31-12-8-19-42-39(31)47-35/h5-23H,24H2,1-4H3. The summed E-state index contributed by atoms with van der Waals surface area (Å²) < 4.78 is 10.1. The van der Waals surface area contributed by atoms with E-state index in [1.165, 1.54) is 43.2 Å². The van der Waals surface area contributed by atoms with Gasteiger partial charge in [0.25, 0.3) is 0 Å². The molecule has 0 bridgehead atoms. The lowest BCUT2D eigenvalue weighted by atomic mass is 9.88. The smallest absolute Gasteiger partial charge is 0.137 e. The van der Waals surface area contributed by atoms with Crippen LogP contribution in [0.1, 0.15) is 26.3 Å². The van der Waals surface area contributed by atoms with Crippen molar-refractivity contribution >= 4 is 70.5 Å². The Hall–Kier alpha value is -5.40. The fraction of sp³-hybridized carbons (Fsp3) is 0.150. The minimum Gasteiger partial charge on any atom is -0.457 e. The zero-order chi connectivity index (χ0) is 31.9. The zero-order valence-electron chi connectivity index (χ0n) is 26.7. The van der Waals surface area contributed by atoms with E-state index in [0.29, 0.717) is 0 Å². The fourth-order valence-corrected chi connectivity index (χ4v) is 7.99. The van der Waals surface area contributed by atoms with Gasteiger partial charge >= 0.3 is 0 Å². The summed E-state index contributed by atoms with van der Waals surface area (Å²) >= 11 is 1.75. The van der Waals surface area contributed by atoms with Crippen LogP contribution in [0.2, 0.25) is 0 Å². The second-order valence-electron chi connectivity index (χ2n) is 13.3. The number of thiophene rings is 1. The highest BCUT2D eigenvalue weighted by molar-refractivity contribution is 7.25. The summed E-state index contributed by atoms with van der Waals surface area (Å²) in [5.41, 5.74) is 6.97. The first-order chi connectivity index (χ1) is 22.8. The Morgan fingerprint density at radius 2 is 1.55 bits per heavy atom. The first-order valence-corrected chi connectivity index (χ1v) is 16.7. The van der Waals surface area contributed by atoms with Crippen LogP contribution in [-0.2, 0) is 5.41 Å². The molecule has 0 unspecified atom stereocenters. The monoisotopic (exact) mass is 631 g/mol. The van der Waals surface area contributed by atoms with Crippen molar-refractivity contribution < 1.29 is 4.74 Å². The van der Waals surface area contributed by atoms with E-state index in [0.717, 1.165) is 45.5 Å². The number of fused-ring (bicyclic) bond motifs is 8. The number of hydrogen-bond acceptors (Lipinski definition) is 6. The molecule has 0 amide bonds. The van der Waals surface area contributed by atoms with Gasteiger partial charge < -0.3 is 14.5 Å². The normalized spacial score (nSPS) is 13.4. The third-order valence-electron chi connectivity index (χ3n) is 9.25. The van der Waals surface area contributed by atoms with Crippen LogP contribution in [0.4, 0.5) is 17.1 Å². The van der Waals surface area contributed by atoms with Crippen LogP contribution in [0.25, 0.3) is 47.9 Å². The van der Waals surface area contributed by atoms with E-state index >= 15 is 0 Å². The van der Waals surface area contributed by atoms with Gasteiger partial charge in [-0.15, -0.1) is 11.3 Å². The van der Waals surface area contributed by atoms with Gasteiger partial charge in [0.2, 0.25) is 0 Å². The summed E-state index contributed by atoms with van der Waals surface area (Å²) in [6.45, 7) is 7.46. The second-order valence-corrected chi connectivity index (χ2v) is 14.3. The molecular formula is C40H33N5OS. The van der Waals surface area contributed by atoms with Crippen molar-refractivity contribution in [2.75, 3.05) is 23.5 Å². The highest BCUT2D eigenvalue weighted by Gasteiger charge is 2.29. The Balaban J connectivity index is 1.13. The molecule has 8 aromatic rings. The summed E-state index contributed by atoms with van der Waals surface area (Å²) in [6, 6.07) is 36.3. The average Bonchev–Trinajstić information content (AvgIpc) is 3.73. The van der Waals surface area contributed by atoms with Crippen molar-refractivity contribution in [2.24, 2.45) is 0 Å². The van der Waals surface area contributed by atoms with E-state index in [2.05, 4.69) is 138 Å². The highest BCUT2D eigenvalue weighted by Crippen LogP contribution is 2.49. The van der Waals surface area contributed by atoms with Gasteiger partial charge in [0.05, 0.1) is 29.1 Å². The summed E-state index contributed by atoms with van der Waals surface area (Å²) in [5.74, 6) is 2.47. The average molecular weight is 632 g/mol. The van der Waals surface area contributed by atoms with E-state index in [9.17, 15) is 0 Å². The van der Waals surface area contributed by atoms with Crippen LogP contribution in [0.15, 0.2) is 116 Å². The molecule has 9 rings (SSSR count). The van der Waals surface area contributed by atoms with Crippen LogP contribution < -0.4 is 14.5 Å². The number of nitrogens with zero attached hydrogens (tertiary/aromatic N) is 5. The topological polar surface area (TPSA) is 46.4 Å². The largest absolute Gasteiger partial charge is 0.457 e. The number of rotatable bonds is 4. The molecule has 6 nitrogen and oxygen atoms in total. The molecule has 0 fully saturated rings. The van der Waals surface area contributed by atoms with Gasteiger partial charge in [-0.2, -0.15) is 0 Å². The summed E-state index contributed by atoms with van der Waals surface area (Å²) in [7, 11) is 2.15. The van der Waals surface area contributed by atoms with E-state index in [1.54, 1.807) is 11.3 Å². The van der Waals surface area contributed by atoms with Crippen LogP contribution in [-0.4, -0.2) is 28.3 Å². The van der Waals surface area contributed by atoms with Crippen molar-refractivity contribution in [3.63, 3.8) is 0 Å². The Bertz CT molecular complexity index is 2510. The van der Waals surface area contributed by atoms with Gasteiger partial charge in [-0.25, -0.2) is 9.97 Å². The molecule has 0 saturated heterocycles. The molecule has 1 aliphatic rings. The Labute approximate surface area is 277 Å². The third kappa shape index (κ3) is 4.45. The number of ether oxygens (including phenoxy) is 1. The van der Waals surface area contributed by atoms with E-state index in [-0.39, 0.29) is 5.41 Å². The van der Waals surface area contributed by atoms with Gasteiger partial charge in [0.15, 0.2) is 0 Å². The molecule has 0 radical (unpaired) electrons. The number of pyridine rings is 2. The Kier molecular flexibility index (Phi) is 6.11. The summed E-state index contributed by atoms with van der Waals surface area (Å²) in [4.78, 5) is 15.2. The van der Waals surface area contributed by atoms with E-state index < -0.39 is 0 Å². The molecule has 5 heterocycles. The van der Waals surface area contributed by atoms with Gasteiger partial charge in [-0.05, 0) is 77.7 Å². The van der Waals surface area contributed by atoms with Crippen LogP contribution in [0.5, 0.6) is 11.5 Å². The molecule has 0 aliphatic carbocycles. The van der Waals surface area contributed by atoms with Gasteiger partial charge in [0.1, 0.15) is 22.1 Å². The second kappa shape index (κ2) is 10.3. The Morgan fingerprint density at radius 1 is 0.723 bits per heavy atom. The van der Waals surface area contributed by atoms with Crippen LogP contribution in [0, 0.1) is 0 Å². The van der Waals surface area contributed by atoms with E-state index in [1.807, 2.05) is 24.5 Å². The van der Waals surface area contributed by atoms with Gasteiger partial charge in [0, 0.05) is 63.5 Å². The summed E-state index contributed by atoms with van der Waals surface area (Å²) in [5, 5.41) is 4.82. The minimum absolute atomic E-state index is 0.0135. The lowest BCUT2D eigenvalue weighted by Gasteiger charge is -2.21. The van der Waals surface area contributed by atoms with Crippen LogP contribution >= 0.6 is 11.3 Å². The number of anilines is 3. The summed E-state index contributed by atoms with van der Waals surface area (Å²) in [6.07, 6.45) is 3.79. The van der Waals surface area contributed by atoms with Crippen molar-refractivity contribution in [3.8, 4) is 17.3 Å². The number of hydrogen-bond donors (Lipinski definition) is 0. The van der Waals surface area contributed by atoms with Gasteiger partial charge in [-0.1, -0.05) is 45.0 Å². The van der Waals surface area contributed by atoms with Crippen molar-refractivity contribution in [2.45, 2.75) is 26.2 Å². The van der Waals surface area contributed by atoms with Crippen molar-refractivity contribution in [3.05, 3.63) is 121 Å². The number of benzene rings is 4. The number of aromatic nitrogens is 3. The van der Waals surface area contributed by atoms with Crippen LogP contribution in [0.3, 0.4) is 0 Å². The zero-order valence-corrected chi connectivity index (χ0v) is 27.5. The third-order valence-corrected chi connectivity index (χ3v) is 10.3. The first-order valence-electron chi connectivity index (χ1n) is 15.9. The highest BCUT2D eigenvalue weighted by atomic mass is 32.1. The molecule has 0 saturated carbocycles. The maximum Gasteiger partial charge on any atom is 0.137 e. The molecule has 0 N–H and O–H groups in total. The molecule has 230 valence electrons. The molecule has 47 heavy (non-hydrogen) atoms. The van der Waals surface area contributed by atoms with Gasteiger partial charge in [-0.3, -0.25) is 4.57 Å². The van der Waals surface area contributed by atoms with Crippen molar-refractivity contribution in [1.29, 1.82) is 0 Å². The molecule has 0 atom stereocenters. The lowest BCUT2D eigenvalue weighted by molar-refractivity contribution is 0.483. The molecule has 4 aromatic carbocycles. The predicted octanol–water partition coefficient (Wildman–Crippen LogP) is 10.6. The molecular weight excluding hydrogens is 599 g/mol. The molecule has 7 heteroatoms. The van der Waals surface area contributed by atoms with Crippen molar-refractivity contribution in [1.82, 2.24) is 14.5 Å². The Morgan fingerprint density at radius 3 is 2.45 bits per heavy atom. The number of para-hydroxylation sites is 1. The molecule has 4 aromatic heterocycles. The SMILES string of the molecule is CN1CN(c2cccc(Oc3ccc4c5ccccc5n(-c5cc(C(C)(C)C)ccn5)c4c3)c2)c2c1ccc1sc3ncccc3c21. The van der Waals surface area contributed by atoms with E-state index in [4.69, 9.17) is 9.72 Å². The lowest BCUT2D eigenvalue weighted by Crippen LogP contribution is -2.23.